The number of nitrogens with zero attached hydrogens (tertiary/aromatic N) is 3. The minimum atomic E-state index is 0.289. The van der Waals surface area contributed by atoms with Gasteiger partial charge in [-0.05, 0) is 25.6 Å². The molecule has 0 spiro atoms. The third-order valence-electron chi connectivity index (χ3n) is 2.03. The maximum absolute atomic E-state index is 5.97. The largest absolute Gasteiger partial charge is 0.436 e. The van der Waals surface area contributed by atoms with Crippen molar-refractivity contribution in [2.24, 2.45) is 5.84 Å². The van der Waals surface area contributed by atoms with E-state index in [-0.39, 0.29) is 5.95 Å². The van der Waals surface area contributed by atoms with Gasteiger partial charge in [0.1, 0.15) is 10.8 Å². The fourth-order valence-corrected chi connectivity index (χ4v) is 2.07. The number of nitrogen functional groups attached to an aromatic ring is 1. The van der Waals surface area contributed by atoms with Crippen molar-refractivity contribution in [2.45, 2.75) is 24.1 Å². The predicted octanol–water partition coefficient (Wildman–Crippen LogP) is 2.17. The molecule has 17 heavy (non-hydrogen) atoms. The lowest BCUT2D eigenvalue weighted by atomic mass is 10.4. The average Bonchev–Trinajstić information content (AvgIpc) is 2.61. The number of nitrogens with two attached hydrogens (primary N) is 1. The standard InChI is InChI=1S/C9H10ClN5OS/c1-4-5(2)16-9(13-4)17-7-6(10)3-12-8(14-7)15-11/h3H,11H2,1-2H3,(H,12,14,15). The molecule has 0 fully saturated rings. The summed E-state index contributed by atoms with van der Waals surface area (Å²) >= 11 is 7.19. The molecule has 0 bridgehead atoms. The Bertz CT molecular complexity index is 525. The second-order valence-corrected chi connectivity index (χ2v) is 4.56. The molecule has 2 heterocycles. The van der Waals surface area contributed by atoms with Gasteiger partial charge in [-0.1, -0.05) is 11.6 Å². The summed E-state index contributed by atoms with van der Waals surface area (Å²) in [6.45, 7) is 3.72. The molecule has 0 aliphatic rings. The molecule has 0 saturated carbocycles. The summed E-state index contributed by atoms with van der Waals surface area (Å²) in [5.74, 6) is 6.29. The van der Waals surface area contributed by atoms with E-state index in [9.17, 15) is 0 Å². The van der Waals surface area contributed by atoms with Crippen LogP contribution in [0, 0.1) is 13.8 Å². The molecule has 90 valence electrons. The lowest BCUT2D eigenvalue weighted by Gasteiger charge is -2.02. The van der Waals surface area contributed by atoms with Gasteiger partial charge in [-0.25, -0.2) is 20.8 Å². The number of halogens is 1. The van der Waals surface area contributed by atoms with Crippen LogP contribution < -0.4 is 11.3 Å². The smallest absolute Gasteiger partial charge is 0.262 e. The summed E-state index contributed by atoms with van der Waals surface area (Å²) in [5, 5.41) is 1.45. The number of rotatable bonds is 3. The van der Waals surface area contributed by atoms with Gasteiger partial charge < -0.3 is 4.42 Å². The van der Waals surface area contributed by atoms with E-state index in [0.717, 1.165) is 11.5 Å². The van der Waals surface area contributed by atoms with Crippen molar-refractivity contribution in [2.75, 3.05) is 5.43 Å². The molecule has 2 aromatic rings. The van der Waals surface area contributed by atoms with Gasteiger partial charge in [0.2, 0.25) is 5.95 Å². The molecular weight excluding hydrogens is 262 g/mol. The molecule has 3 N–H and O–H groups in total. The molecule has 0 aromatic carbocycles. The first-order valence-electron chi connectivity index (χ1n) is 4.71. The molecule has 0 amide bonds. The minimum absolute atomic E-state index is 0.289. The first kappa shape index (κ1) is 12.2. The summed E-state index contributed by atoms with van der Waals surface area (Å²) in [4.78, 5) is 12.2. The predicted molar refractivity (Wildman–Crippen MR) is 65.0 cm³/mol. The number of aryl methyl sites for hydroxylation is 2. The van der Waals surface area contributed by atoms with E-state index in [2.05, 4.69) is 20.4 Å². The van der Waals surface area contributed by atoms with Crippen molar-refractivity contribution < 1.29 is 4.42 Å². The highest BCUT2D eigenvalue weighted by molar-refractivity contribution is 7.99. The highest BCUT2D eigenvalue weighted by Crippen LogP contribution is 2.32. The van der Waals surface area contributed by atoms with Crippen molar-refractivity contribution in [3.05, 3.63) is 22.7 Å². The summed E-state index contributed by atoms with van der Waals surface area (Å²) in [7, 11) is 0. The van der Waals surface area contributed by atoms with Gasteiger partial charge in [-0.3, -0.25) is 5.43 Å². The van der Waals surface area contributed by atoms with E-state index in [1.807, 2.05) is 13.8 Å². The fourth-order valence-electron chi connectivity index (χ4n) is 1.06. The van der Waals surface area contributed by atoms with Crippen LogP contribution in [0.5, 0.6) is 0 Å². The Hall–Kier alpha value is -1.31. The number of oxazole rings is 1. The van der Waals surface area contributed by atoms with Crippen molar-refractivity contribution in [1.82, 2.24) is 15.0 Å². The Morgan fingerprint density at radius 2 is 2.18 bits per heavy atom. The van der Waals surface area contributed by atoms with E-state index >= 15 is 0 Å². The molecule has 2 aromatic heterocycles. The van der Waals surface area contributed by atoms with Crippen molar-refractivity contribution in [3.63, 3.8) is 0 Å². The first-order chi connectivity index (χ1) is 8.10. The van der Waals surface area contributed by atoms with Crippen LogP contribution in [0.2, 0.25) is 5.02 Å². The zero-order chi connectivity index (χ0) is 12.4. The average molecular weight is 272 g/mol. The summed E-state index contributed by atoms with van der Waals surface area (Å²) < 4.78 is 5.43. The third-order valence-corrected chi connectivity index (χ3v) is 3.28. The molecule has 0 aliphatic heterocycles. The molecule has 0 unspecified atom stereocenters. The number of hydrogen-bond donors (Lipinski definition) is 2. The van der Waals surface area contributed by atoms with Crippen molar-refractivity contribution in [3.8, 4) is 0 Å². The number of aromatic nitrogens is 3. The second kappa shape index (κ2) is 4.91. The van der Waals surface area contributed by atoms with E-state index in [1.54, 1.807) is 0 Å². The maximum Gasteiger partial charge on any atom is 0.262 e. The van der Waals surface area contributed by atoms with Gasteiger partial charge in [0, 0.05) is 0 Å². The van der Waals surface area contributed by atoms with Crippen LogP contribution in [-0.2, 0) is 0 Å². The zero-order valence-electron chi connectivity index (χ0n) is 9.19. The van der Waals surface area contributed by atoms with Gasteiger partial charge >= 0.3 is 0 Å². The van der Waals surface area contributed by atoms with E-state index in [0.29, 0.717) is 15.3 Å². The Morgan fingerprint density at radius 1 is 1.41 bits per heavy atom. The highest BCUT2D eigenvalue weighted by atomic mass is 35.5. The Balaban J connectivity index is 2.28. The molecule has 0 aliphatic carbocycles. The van der Waals surface area contributed by atoms with Gasteiger partial charge in [0.25, 0.3) is 5.22 Å². The minimum Gasteiger partial charge on any atom is -0.436 e. The van der Waals surface area contributed by atoms with E-state index in [1.165, 1.54) is 18.0 Å². The van der Waals surface area contributed by atoms with Crippen LogP contribution in [-0.4, -0.2) is 15.0 Å². The van der Waals surface area contributed by atoms with E-state index in [4.69, 9.17) is 21.9 Å². The summed E-state index contributed by atoms with van der Waals surface area (Å²) in [6.07, 6.45) is 1.47. The van der Waals surface area contributed by atoms with Gasteiger partial charge in [0.15, 0.2) is 0 Å². The van der Waals surface area contributed by atoms with Crippen molar-refractivity contribution in [1.29, 1.82) is 0 Å². The Labute approximate surface area is 107 Å². The quantitative estimate of drug-likeness (QED) is 0.502. The van der Waals surface area contributed by atoms with E-state index < -0.39 is 0 Å². The Morgan fingerprint density at radius 3 is 2.76 bits per heavy atom. The topological polar surface area (TPSA) is 89.9 Å². The normalized spacial score (nSPS) is 10.6. The SMILES string of the molecule is Cc1nc(Sc2nc(NN)ncc2Cl)oc1C. The maximum atomic E-state index is 5.97. The number of nitrogens with one attached hydrogen (secondary N) is 1. The number of hydrazine groups is 1. The van der Waals surface area contributed by atoms with Gasteiger partial charge in [-0.2, -0.15) is 0 Å². The molecular formula is C9H10ClN5OS. The molecule has 8 heteroatoms. The molecule has 0 radical (unpaired) electrons. The number of hydrogen-bond acceptors (Lipinski definition) is 7. The van der Waals surface area contributed by atoms with Gasteiger partial charge in [-0.15, -0.1) is 0 Å². The summed E-state index contributed by atoms with van der Waals surface area (Å²) in [6, 6.07) is 0. The zero-order valence-corrected chi connectivity index (χ0v) is 10.8. The third kappa shape index (κ3) is 2.68. The lowest BCUT2D eigenvalue weighted by molar-refractivity contribution is 0.431. The summed E-state index contributed by atoms with van der Waals surface area (Å²) in [5.41, 5.74) is 3.19. The molecule has 2 rings (SSSR count). The monoisotopic (exact) mass is 271 g/mol. The van der Waals surface area contributed by atoms with Crippen LogP contribution >= 0.6 is 23.4 Å². The van der Waals surface area contributed by atoms with Crippen LogP contribution in [0.1, 0.15) is 11.5 Å². The molecule has 0 saturated heterocycles. The van der Waals surface area contributed by atoms with Crippen LogP contribution in [0.15, 0.2) is 20.9 Å². The fraction of sp³-hybridized carbons (Fsp3) is 0.222. The second-order valence-electron chi connectivity index (χ2n) is 3.21. The van der Waals surface area contributed by atoms with Crippen molar-refractivity contribution >= 4 is 29.3 Å². The molecule has 0 atom stereocenters. The van der Waals surface area contributed by atoms with Crippen LogP contribution in [0.25, 0.3) is 0 Å². The van der Waals surface area contributed by atoms with Gasteiger partial charge in [0.05, 0.1) is 16.9 Å². The Kier molecular flexibility index (Phi) is 3.51. The number of anilines is 1. The van der Waals surface area contributed by atoms with Crippen LogP contribution in [0.4, 0.5) is 5.95 Å². The first-order valence-corrected chi connectivity index (χ1v) is 5.90. The molecule has 6 nitrogen and oxygen atoms in total. The highest BCUT2D eigenvalue weighted by Gasteiger charge is 2.12. The van der Waals surface area contributed by atoms with Crippen LogP contribution in [0.3, 0.4) is 0 Å². The lowest BCUT2D eigenvalue weighted by Crippen LogP contribution is -2.10.